The molecule has 3 rings (SSSR count). The van der Waals surface area contributed by atoms with Gasteiger partial charge in [0.2, 0.25) is 0 Å². The molecule has 22 heavy (non-hydrogen) atoms. The van der Waals surface area contributed by atoms with Crippen molar-refractivity contribution in [3.8, 4) is 0 Å². The van der Waals surface area contributed by atoms with Gasteiger partial charge in [0.05, 0.1) is 18.7 Å². The van der Waals surface area contributed by atoms with Crippen LogP contribution >= 0.6 is 22.7 Å². The van der Waals surface area contributed by atoms with Gasteiger partial charge in [-0.2, -0.15) is 0 Å². The lowest BCUT2D eigenvalue weighted by molar-refractivity contribution is -0.147. The molecule has 0 radical (unpaired) electrons. The van der Waals surface area contributed by atoms with Crippen molar-refractivity contribution in [1.82, 2.24) is 14.7 Å². The van der Waals surface area contributed by atoms with Gasteiger partial charge in [0.15, 0.2) is 11.6 Å². The summed E-state index contributed by atoms with van der Waals surface area (Å²) in [7, 11) is 0. The van der Waals surface area contributed by atoms with Gasteiger partial charge in [-0.3, -0.25) is 14.0 Å². The highest BCUT2D eigenvalue weighted by Gasteiger charge is 2.11. The molecule has 3 heterocycles. The summed E-state index contributed by atoms with van der Waals surface area (Å²) >= 11 is 3.06. The number of nitrogens with zero attached hydrogens (tertiary/aromatic N) is 2. The van der Waals surface area contributed by atoms with Crippen molar-refractivity contribution < 1.29 is 14.3 Å². The zero-order valence-electron chi connectivity index (χ0n) is 11.5. The number of esters is 1. The topological polar surface area (TPSA) is 72.7 Å². The van der Waals surface area contributed by atoms with Crippen LogP contribution in [-0.2, 0) is 27.3 Å². The molecule has 6 nitrogen and oxygen atoms in total. The number of rotatable bonds is 6. The minimum Gasteiger partial charge on any atom is -0.455 e. The molecule has 3 aromatic rings. The maximum Gasteiger partial charge on any atom is 0.312 e. The van der Waals surface area contributed by atoms with Gasteiger partial charge in [-0.05, 0) is 11.4 Å². The number of thiazole rings is 1. The summed E-state index contributed by atoms with van der Waals surface area (Å²) in [5.41, 5.74) is 0.635. The van der Waals surface area contributed by atoms with E-state index in [9.17, 15) is 9.59 Å². The second kappa shape index (κ2) is 6.71. The van der Waals surface area contributed by atoms with Crippen molar-refractivity contribution in [2.45, 2.75) is 13.0 Å². The number of ether oxygens (including phenoxy) is 1. The number of carbonyl (C=O) groups is 2. The van der Waals surface area contributed by atoms with Gasteiger partial charge in [0.1, 0.15) is 0 Å². The fourth-order valence-corrected chi connectivity index (χ4v) is 3.22. The van der Waals surface area contributed by atoms with E-state index in [-0.39, 0.29) is 18.9 Å². The molecule has 0 unspecified atom stereocenters. The van der Waals surface area contributed by atoms with E-state index in [1.54, 1.807) is 17.5 Å². The predicted molar refractivity (Wildman–Crippen MR) is 83.9 cm³/mol. The largest absolute Gasteiger partial charge is 0.455 e. The number of hydrogen-bond donors (Lipinski definition) is 1. The SMILES string of the molecule is O=C(COC(=O)Cc1cn2ccsc2n1)NCc1cccs1. The lowest BCUT2D eigenvalue weighted by Gasteiger charge is -2.05. The molecule has 0 fully saturated rings. The number of fused-ring (bicyclic) bond motifs is 1. The molecule has 0 aliphatic rings. The molecular weight excluding hydrogens is 322 g/mol. The third-order valence-corrected chi connectivity index (χ3v) is 4.52. The second-order valence-corrected chi connectivity index (χ2v) is 6.42. The van der Waals surface area contributed by atoms with Crippen LogP contribution in [0.25, 0.3) is 4.96 Å². The summed E-state index contributed by atoms with van der Waals surface area (Å²) in [6.45, 7) is 0.178. The van der Waals surface area contributed by atoms with Gasteiger partial charge < -0.3 is 10.1 Å². The van der Waals surface area contributed by atoms with Crippen molar-refractivity contribution in [2.24, 2.45) is 0 Å². The number of imidazole rings is 1. The van der Waals surface area contributed by atoms with Gasteiger partial charge in [-0.25, -0.2) is 4.98 Å². The highest BCUT2D eigenvalue weighted by molar-refractivity contribution is 7.15. The number of amides is 1. The standard InChI is InChI=1S/C14H13N3O3S2/c18-12(15-7-11-2-1-4-21-11)9-20-13(19)6-10-8-17-3-5-22-14(17)16-10/h1-5,8H,6-7,9H2,(H,15,18). The van der Waals surface area contributed by atoms with Crippen LogP contribution in [0.5, 0.6) is 0 Å². The number of thiophene rings is 1. The zero-order chi connectivity index (χ0) is 15.4. The van der Waals surface area contributed by atoms with Crippen molar-refractivity contribution in [3.05, 3.63) is 45.9 Å². The number of carbonyl (C=O) groups excluding carboxylic acids is 2. The van der Waals surface area contributed by atoms with E-state index in [0.29, 0.717) is 12.2 Å². The normalized spacial score (nSPS) is 10.7. The minimum atomic E-state index is -0.461. The molecule has 0 aliphatic carbocycles. The van der Waals surface area contributed by atoms with Crippen molar-refractivity contribution in [1.29, 1.82) is 0 Å². The molecule has 3 aromatic heterocycles. The Hall–Kier alpha value is -2.19. The van der Waals surface area contributed by atoms with Gasteiger partial charge in [0.25, 0.3) is 5.91 Å². The molecular formula is C14H13N3O3S2. The molecule has 0 atom stereocenters. The monoisotopic (exact) mass is 335 g/mol. The van der Waals surface area contributed by atoms with E-state index in [1.807, 2.05) is 33.5 Å². The fourth-order valence-electron chi connectivity index (χ4n) is 1.86. The Labute approximate surface area is 134 Å². The summed E-state index contributed by atoms with van der Waals surface area (Å²) in [5, 5.41) is 6.56. The van der Waals surface area contributed by atoms with E-state index in [4.69, 9.17) is 4.74 Å². The highest BCUT2D eigenvalue weighted by Crippen LogP contribution is 2.12. The number of hydrogen-bond acceptors (Lipinski definition) is 6. The lowest BCUT2D eigenvalue weighted by Crippen LogP contribution is -2.28. The van der Waals surface area contributed by atoms with Crippen LogP contribution in [-0.4, -0.2) is 27.9 Å². The first-order valence-corrected chi connectivity index (χ1v) is 8.32. The molecule has 0 spiro atoms. The predicted octanol–water partition coefficient (Wildman–Crippen LogP) is 1.86. The van der Waals surface area contributed by atoms with Crippen LogP contribution in [0, 0.1) is 0 Å². The van der Waals surface area contributed by atoms with Gasteiger partial charge in [0, 0.05) is 22.7 Å². The Bertz CT molecular complexity index is 748. The van der Waals surface area contributed by atoms with E-state index in [1.165, 1.54) is 11.3 Å². The first kappa shape index (κ1) is 14.7. The highest BCUT2D eigenvalue weighted by atomic mass is 32.1. The van der Waals surface area contributed by atoms with Gasteiger partial charge in [-0.1, -0.05) is 6.07 Å². The maximum atomic E-state index is 11.7. The number of nitrogens with one attached hydrogen (secondary N) is 1. The first-order chi connectivity index (χ1) is 10.7. The van der Waals surface area contributed by atoms with E-state index in [0.717, 1.165) is 9.84 Å². The van der Waals surface area contributed by atoms with Crippen LogP contribution in [0.2, 0.25) is 0 Å². The Morgan fingerprint density at radius 3 is 3.00 bits per heavy atom. The molecule has 0 saturated heterocycles. The molecule has 8 heteroatoms. The summed E-state index contributed by atoms with van der Waals surface area (Å²) in [6.07, 6.45) is 3.72. The third-order valence-electron chi connectivity index (χ3n) is 2.87. The lowest BCUT2D eigenvalue weighted by atomic mass is 10.3. The maximum absolute atomic E-state index is 11.7. The molecule has 1 amide bonds. The Kier molecular flexibility index (Phi) is 4.50. The molecule has 0 aliphatic heterocycles. The van der Waals surface area contributed by atoms with Crippen LogP contribution in [0.4, 0.5) is 0 Å². The van der Waals surface area contributed by atoms with E-state index >= 15 is 0 Å². The van der Waals surface area contributed by atoms with Crippen molar-refractivity contribution >= 4 is 39.5 Å². The molecule has 0 saturated carbocycles. The number of aromatic nitrogens is 2. The Balaban J connectivity index is 1.41. The average molecular weight is 335 g/mol. The van der Waals surface area contributed by atoms with Crippen LogP contribution < -0.4 is 5.32 Å². The first-order valence-electron chi connectivity index (χ1n) is 6.56. The summed E-state index contributed by atoms with van der Waals surface area (Å²) in [4.78, 5) is 29.5. The molecule has 1 N–H and O–H groups in total. The van der Waals surface area contributed by atoms with Crippen LogP contribution in [0.3, 0.4) is 0 Å². The third kappa shape index (κ3) is 3.71. The van der Waals surface area contributed by atoms with E-state index < -0.39 is 5.97 Å². The Morgan fingerprint density at radius 1 is 1.32 bits per heavy atom. The molecule has 0 aromatic carbocycles. The Morgan fingerprint density at radius 2 is 2.23 bits per heavy atom. The quantitative estimate of drug-likeness (QED) is 0.698. The fraction of sp³-hybridized carbons (Fsp3) is 0.214. The van der Waals surface area contributed by atoms with Crippen LogP contribution in [0.1, 0.15) is 10.6 Å². The smallest absolute Gasteiger partial charge is 0.312 e. The summed E-state index contributed by atoms with van der Waals surface area (Å²) in [5.74, 6) is -0.774. The zero-order valence-corrected chi connectivity index (χ0v) is 13.2. The molecule has 114 valence electrons. The molecule has 0 bridgehead atoms. The van der Waals surface area contributed by atoms with E-state index in [2.05, 4.69) is 10.3 Å². The van der Waals surface area contributed by atoms with Crippen molar-refractivity contribution in [2.75, 3.05) is 6.61 Å². The average Bonchev–Trinajstić information content (AvgIpc) is 3.19. The van der Waals surface area contributed by atoms with Gasteiger partial charge >= 0.3 is 5.97 Å². The minimum absolute atomic E-state index is 0.0621. The van der Waals surface area contributed by atoms with Crippen LogP contribution in [0.15, 0.2) is 35.3 Å². The van der Waals surface area contributed by atoms with Gasteiger partial charge in [-0.15, -0.1) is 22.7 Å². The second-order valence-electron chi connectivity index (χ2n) is 4.52. The summed E-state index contributed by atoms with van der Waals surface area (Å²) < 4.78 is 6.81. The summed E-state index contributed by atoms with van der Waals surface area (Å²) in [6, 6.07) is 3.85. The van der Waals surface area contributed by atoms with Crippen molar-refractivity contribution in [3.63, 3.8) is 0 Å².